The monoisotopic (exact) mass is 258 g/mol. The molecular formula is C14H14N2OS. The SMILES string of the molecule is COc1ccccc1NC(=S)Nc1ccccc1. The van der Waals surface area contributed by atoms with E-state index in [9.17, 15) is 0 Å². The van der Waals surface area contributed by atoms with E-state index < -0.39 is 0 Å². The van der Waals surface area contributed by atoms with Gasteiger partial charge in [0.2, 0.25) is 0 Å². The van der Waals surface area contributed by atoms with E-state index in [0.29, 0.717) is 5.11 Å². The molecule has 0 aromatic heterocycles. The summed E-state index contributed by atoms with van der Waals surface area (Å²) >= 11 is 5.25. The molecule has 0 atom stereocenters. The summed E-state index contributed by atoms with van der Waals surface area (Å²) in [7, 11) is 1.63. The van der Waals surface area contributed by atoms with Gasteiger partial charge in [-0.25, -0.2) is 0 Å². The maximum absolute atomic E-state index is 5.25. The van der Waals surface area contributed by atoms with Crippen LogP contribution in [0.15, 0.2) is 54.6 Å². The minimum Gasteiger partial charge on any atom is -0.495 e. The number of benzene rings is 2. The fourth-order valence-corrected chi connectivity index (χ4v) is 1.78. The first-order valence-electron chi connectivity index (χ1n) is 5.55. The summed E-state index contributed by atoms with van der Waals surface area (Å²) in [5, 5.41) is 6.74. The van der Waals surface area contributed by atoms with Crippen LogP contribution in [0.4, 0.5) is 11.4 Å². The van der Waals surface area contributed by atoms with Crippen molar-refractivity contribution in [2.45, 2.75) is 0 Å². The highest BCUT2D eigenvalue weighted by atomic mass is 32.1. The van der Waals surface area contributed by atoms with Gasteiger partial charge in [-0.3, -0.25) is 0 Å². The van der Waals surface area contributed by atoms with Crippen LogP contribution in [0.2, 0.25) is 0 Å². The number of hydrogen-bond acceptors (Lipinski definition) is 2. The Kier molecular flexibility index (Phi) is 4.15. The van der Waals surface area contributed by atoms with E-state index in [4.69, 9.17) is 17.0 Å². The molecule has 0 heterocycles. The van der Waals surface area contributed by atoms with Gasteiger partial charge in [-0.1, -0.05) is 30.3 Å². The Morgan fingerprint density at radius 1 is 0.944 bits per heavy atom. The van der Waals surface area contributed by atoms with E-state index in [2.05, 4.69) is 10.6 Å². The van der Waals surface area contributed by atoms with Crippen LogP contribution in [-0.4, -0.2) is 12.2 Å². The van der Waals surface area contributed by atoms with Gasteiger partial charge in [-0.15, -0.1) is 0 Å². The predicted octanol–water partition coefficient (Wildman–Crippen LogP) is 3.50. The lowest BCUT2D eigenvalue weighted by Gasteiger charge is -2.13. The Labute approximate surface area is 112 Å². The van der Waals surface area contributed by atoms with Gasteiger partial charge in [0.25, 0.3) is 0 Å². The van der Waals surface area contributed by atoms with E-state index in [-0.39, 0.29) is 0 Å². The first-order chi connectivity index (χ1) is 8.79. The number of hydrogen-bond donors (Lipinski definition) is 2. The van der Waals surface area contributed by atoms with Crippen molar-refractivity contribution in [1.82, 2.24) is 0 Å². The summed E-state index contributed by atoms with van der Waals surface area (Å²) in [6, 6.07) is 17.4. The highest BCUT2D eigenvalue weighted by molar-refractivity contribution is 7.80. The second kappa shape index (κ2) is 6.02. The zero-order chi connectivity index (χ0) is 12.8. The summed E-state index contributed by atoms with van der Waals surface area (Å²) < 4.78 is 5.25. The molecule has 0 aliphatic heterocycles. The van der Waals surface area contributed by atoms with Crippen LogP contribution < -0.4 is 15.4 Å². The van der Waals surface area contributed by atoms with Crippen molar-refractivity contribution in [1.29, 1.82) is 0 Å². The zero-order valence-electron chi connectivity index (χ0n) is 10.0. The van der Waals surface area contributed by atoms with Crippen molar-refractivity contribution in [2.24, 2.45) is 0 Å². The van der Waals surface area contributed by atoms with Crippen LogP contribution in [0.3, 0.4) is 0 Å². The molecule has 0 saturated heterocycles. The highest BCUT2D eigenvalue weighted by Crippen LogP contribution is 2.23. The summed E-state index contributed by atoms with van der Waals surface area (Å²) in [6.45, 7) is 0. The summed E-state index contributed by atoms with van der Waals surface area (Å²) in [6.07, 6.45) is 0. The largest absolute Gasteiger partial charge is 0.495 e. The van der Waals surface area contributed by atoms with Crippen molar-refractivity contribution >= 4 is 28.7 Å². The maximum Gasteiger partial charge on any atom is 0.175 e. The molecule has 2 aromatic rings. The van der Waals surface area contributed by atoms with E-state index in [1.165, 1.54) is 0 Å². The fraction of sp³-hybridized carbons (Fsp3) is 0.0714. The molecule has 2 aromatic carbocycles. The first-order valence-corrected chi connectivity index (χ1v) is 5.96. The molecule has 92 valence electrons. The Bertz CT molecular complexity index is 528. The number of anilines is 2. The molecule has 18 heavy (non-hydrogen) atoms. The third-order valence-corrected chi connectivity index (χ3v) is 2.59. The normalized spacial score (nSPS) is 9.61. The van der Waals surface area contributed by atoms with Crippen LogP contribution in [-0.2, 0) is 0 Å². The van der Waals surface area contributed by atoms with Crippen LogP contribution in [0.25, 0.3) is 0 Å². The Morgan fingerprint density at radius 3 is 2.33 bits per heavy atom. The third kappa shape index (κ3) is 3.21. The quantitative estimate of drug-likeness (QED) is 0.825. The number of rotatable bonds is 3. The molecule has 0 saturated carbocycles. The molecule has 2 rings (SSSR count). The van der Waals surface area contributed by atoms with Crippen molar-refractivity contribution < 1.29 is 4.74 Å². The molecule has 3 nitrogen and oxygen atoms in total. The predicted molar refractivity (Wildman–Crippen MR) is 79.3 cm³/mol. The molecule has 0 aliphatic rings. The third-order valence-electron chi connectivity index (χ3n) is 2.39. The fourth-order valence-electron chi connectivity index (χ4n) is 1.55. The standard InChI is InChI=1S/C14H14N2OS/c1-17-13-10-6-5-9-12(13)16-14(18)15-11-7-3-2-4-8-11/h2-10H,1H3,(H2,15,16,18). The molecule has 0 unspecified atom stereocenters. The van der Waals surface area contributed by atoms with E-state index in [1.807, 2.05) is 54.6 Å². The Hall–Kier alpha value is -2.07. The van der Waals surface area contributed by atoms with E-state index in [0.717, 1.165) is 17.1 Å². The topological polar surface area (TPSA) is 33.3 Å². The van der Waals surface area contributed by atoms with Gasteiger partial charge in [-0.05, 0) is 36.5 Å². The van der Waals surface area contributed by atoms with Gasteiger partial charge in [0.1, 0.15) is 5.75 Å². The minimum absolute atomic E-state index is 0.533. The van der Waals surface area contributed by atoms with Gasteiger partial charge in [0, 0.05) is 5.69 Å². The number of methoxy groups -OCH3 is 1. The van der Waals surface area contributed by atoms with E-state index >= 15 is 0 Å². The average molecular weight is 258 g/mol. The summed E-state index contributed by atoms with van der Waals surface area (Å²) in [4.78, 5) is 0. The van der Waals surface area contributed by atoms with Crippen LogP contribution >= 0.6 is 12.2 Å². The van der Waals surface area contributed by atoms with Gasteiger partial charge < -0.3 is 15.4 Å². The lowest BCUT2D eigenvalue weighted by molar-refractivity contribution is 0.417. The molecule has 0 radical (unpaired) electrons. The lowest BCUT2D eigenvalue weighted by atomic mass is 10.3. The van der Waals surface area contributed by atoms with Crippen molar-refractivity contribution in [3.05, 3.63) is 54.6 Å². The zero-order valence-corrected chi connectivity index (χ0v) is 10.8. The summed E-state index contributed by atoms with van der Waals surface area (Å²) in [5.41, 5.74) is 1.79. The molecule has 0 bridgehead atoms. The Balaban J connectivity index is 2.03. The molecule has 2 N–H and O–H groups in total. The van der Waals surface area contributed by atoms with Gasteiger partial charge in [-0.2, -0.15) is 0 Å². The van der Waals surface area contributed by atoms with Crippen LogP contribution in [0.1, 0.15) is 0 Å². The second-order valence-electron chi connectivity index (χ2n) is 3.65. The molecule has 0 amide bonds. The molecular weight excluding hydrogens is 244 g/mol. The number of ether oxygens (including phenoxy) is 1. The van der Waals surface area contributed by atoms with Crippen molar-refractivity contribution in [2.75, 3.05) is 17.7 Å². The van der Waals surface area contributed by atoms with Gasteiger partial charge >= 0.3 is 0 Å². The molecule has 0 aliphatic carbocycles. The molecule has 0 fully saturated rings. The van der Waals surface area contributed by atoms with Gasteiger partial charge in [0.05, 0.1) is 12.8 Å². The van der Waals surface area contributed by atoms with E-state index in [1.54, 1.807) is 7.11 Å². The second-order valence-corrected chi connectivity index (χ2v) is 4.05. The number of thiocarbonyl (C=S) groups is 1. The number of para-hydroxylation sites is 3. The smallest absolute Gasteiger partial charge is 0.175 e. The lowest BCUT2D eigenvalue weighted by Crippen LogP contribution is -2.19. The van der Waals surface area contributed by atoms with Crippen molar-refractivity contribution in [3.63, 3.8) is 0 Å². The maximum atomic E-state index is 5.25. The number of nitrogens with one attached hydrogen (secondary N) is 2. The molecule has 4 heteroatoms. The first kappa shape index (κ1) is 12.4. The Morgan fingerprint density at radius 2 is 1.61 bits per heavy atom. The minimum atomic E-state index is 0.533. The van der Waals surface area contributed by atoms with Crippen LogP contribution in [0.5, 0.6) is 5.75 Å². The summed E-state index contributed by atoms with van der Waals surface area (Å²) in [5.74, 6) is 0.759. The van der Waals surface area contributed by atoms with Crippen molar-refractivity contribution in [3.8, 4) is 5.75 Å². The molecule has 0 spiro atoms. The average Bonchev–Trinajstić information content (AvgIpc) is 2.40. The van der Waals surface area contributed by atoms with Gasteiger partial charge in [0.15, 0.2) is 5.11 Å². The highest BCUT2D eigenvalue weighted by Gasteiger charge is 2.03. The van der Waals surface area contributed by atoms with Crippen LogP contribution in [0, 0.1) is 0 Å².